The van der Waals surface area contributed by atoms with Crippen LogP contribution >= 0.6 is 0 Å². The van der Waals surface area contributed by atoms with Gasteiger partial charge in [-0.15, -0.1) is 0 Å². The van der Waals surface area contributed by atoms with Gasteiger partial charge in [0, 0.05) is 25.2 Å². The smallest absolute Gasteiger partial charge is 0.337 e. The summed E-state index contributed by atoms with van der Waals surface area (Å²) in [6.07, 6.45) is 3.47. The van der Waals surface area contributed by atoms with Gasteiger partial charge in [-0.3, -0.25) is 0 Å². The number of hydrogen-bond acceptors (Lipinski definition) is 4. The number of nitrogens with zero attached hydrogens (tertiary/aromatic N) is 2. The van der Waals surface area contributed by atoms with Crippen LogP contribution in [0.15, 0.2) is 42.6 Å². The van der Waals surface area contributed by atoms with Gasteiger partial charge < -0.3 is 14.7 Å². The van der Waals surface area contributed by atoms with Crippen molar-refractivity contribution in [3.63, 3.8) is 0 Å². The fourth-order valence-electron chi connectivity index (χ4n) is 2.85. The van der Waals surface area contributed by atoms with E-state index in [1.165, 1.54) is 18.3 Å². The number of aromatic nitrogens is 1. The van der Waals surface area contributed by atoms with E-state index in [2.05, 4.69) is 9.88 Å². The van der Waals surface area contributed by atoms with E-state index in [1.54, 1.807) is 24.3 Å². The minimum atomic E-state index is -0.974. The number of carboxylic acids is 1. The zero-order valence-electron chi connectivity index (χ0n) is 13.2. The van der Waals surface area contributed by atoms with Crippen LogP contribution < -0.4 is 9.64 Å². The van der Waals surface area contributed by atoms with Gasteiger partial charge >= 0.3 is 5.97 Å². The number of ether oxygens (including phenoxy) is 1. The van der Waals surface area contributed by atoms with Gasteiger partial charge in [0.15, 0.2) is 0 Å². The van der Waals surface area contributed by atoms with E-state index in [0.29, 0.717) is 18.3 Å². The van der Waals surface area contributed by atoms with Gasteiger partial charge in [0.1, 0.15) is 17.4 Å². The zero-order chi connectivity index (χ0) is 16.9. The summed E-state index contributed by atoms with van der Waals surface area (Å²) in [5.41, 5.74) is 0.187. The Kier molecular flexibility index (Phi) is 4.93. The summed E-state index contributed by atoms with van der Waals surface area (Å²) in [6, 6.07) is 9.34. The van der Waals surface area contributed by atoms with E-state index in [0.717, 1.165) is 31.7 Å². The van der Waals surface area contributed by atoms with Crippen LogP contribution in [0.2, 0.25) is 0 Å². The average molecular weight is 330 g/mol. The topological polar surface area (TPSA) is 62.7 Å². The van der Waals surface area contributed by atoms with Crippen molar-refractivity contribution < 1.29 is 19.0 Å². The standard InChI is InChI=1S/C18H19FN2O3/c19-15-4-6-16(7-5-15)24-12-13-2-1-9-21(11-13)17-8-3-14(10-20-17)18(22)23/h3-8,10,13H,1-2,9,11-12H2,(H,22,23)/t13-/m1/s1. The van der Waals surface area contributed by atoms with Crippen LogP contribution in [0.1, 0.15) is 23.2 Å². The third-order valence-corrected chi connectivity index (χ3v) is 4.14. The number of halogens is 1. The number of piperidine rings is 1. The molecule has 0 aliphatic carbocycles. The SMILES string of the molecule is O=C(O)c1ccc(N2CCC[C@@H](COc3ccc(F)cc3)C2)nc1. The summed E-state index contributed by atoms with van der Waals surface area (Å²) >= 11 is 0. The van der Waals surface area contributed by atoms with Crippen LogP contribution in [-0.4, -0.2) is 35.8 Å². The molecule has 5 nitrogen and oxygen atoms in total. The first-order valence-corrected chi connectivity index (χ1v) is 7.94. The van der Waals surface area contributed by atoms with Crippen molar-refractivity contribution in [1.29, 1.82) is 0 Å². The molecule has 1 atom stereocenters. The number of aromatic carboxylic acids is 1. The Morgan fingerprint density at radius 1 is 1.29 bits per heavy atom. The molecule has 1 aliphatic rings. The minimum Gasteiger partial charge on any atom is -0.493 e. The van der Waals surface area contributed by atoms with Crippen molar-refractivity contribution in [1.82, 2.24) is 4.98 Å². The molecule has 1 N–H and O–H groups in total. The summed E-state index contributed by atoms with van der Waals surface area (Å²) in [7, 11) is 0. The Labute approximate surface area is 139 Å². The third-order valence-electron chi connectivity index (χ3n) is 4.14. The lowest BCUT2D eigenvalue weighted by Gasteiger charge is -2.33. The number of pyridine rings is 1. The van der Waals surface area contributed by atoms with Crippen LogP contribution in [0.25, 0.3) is 0 Å². The third kappa shape index (κ3) is 4.01. The molecule has 0 radical (unpaired) electrons. The van der Waals surface area contributed by atoms with Gasteiger partial charge in [0.05, 0.1) is 12.2 Å². The molecule has 1 aromatic carbocycles. The van der Waals surface area contributed by atoms with Crippen molar-refractivity contribution in [2.75, 3.05) is 24.6 Å². The second kappa shape index (κ2) is 7.29. The largest absolute Gasteiger partial charge is 0.493 e. The summed E-state index contributed by atoms with van der Waals surface area (Å²) < 4.78 is 18.6. The highest BCUT2D eigenvalue weighted by molar-refractivity contribution is 5.87. The van der Waals surface area contributed by atoms with Crippen molar-refractivity contribution in [3.8, 4) is 5.75 Å². The van der Waals surface area contributed by atoms with Crippen LogP contribution in [-0.2, 0) is 0 Å². The van der Waals surface area contributed by atoms with Gasteiger partial charge in [-0.25, -0.2) is 14.2 Å². The first-order chi connectivity index (χ1) is 11.6. The molecule has 0 spiro atoms. The van der Waals surface area contributed by atoms with Gasteiger partial charge in [-0.2, -0.15) is 0 Å². The van der Waals surface area contributed by atoms with Crippen molar-refractivity contribution >= 4 is 11.8 Å². The molecule has 1 saturated heterocycles. The summed E-state index contributed by atoms with van der Waals surface area (Å²) in [5.74, 6) is 0.550. The Balaban J connectivity index is 1.57. The molecule has 3 rings (SSSR count). The molecule has 6 heteroatoms. The lowest BCUT2D eigenvalue weighted by atomic mass is 9.99. The van der Waals surface area contributed by atoms with E-state index < -0.39 is 5.97 Å². The molecule has 1 aromatic heterocycles. The molecule has 0 saturated carbocycles. The molecule has 2 aromatic rings. The van der Waals surface area contributed by atoms with Gasteiger partial charge in [0.2, 0.25) is 0 Å². The molecule has 0 unspecified atom stereocenters. The van der Waals surface area contributed by atoms with Gasteiger partial charge in [-0.1, -0.05) is 0 Å². The van der Waals surface area contributed by atoms with E-state index >= 15 is 0 Å². The number of carboxylic acid groups (broad SMARTS) is 1. The molecule has 0 amide bonds. The van der Waals surface area contributed by atoms with Crippen LogP contribution in [0.4, 0.5) is 10.2 Å². The molecule has 1 aliphatic heterocycles. The van der Waals surface area contributed by atoms with Crippen molar-refractivity contribution in [2.24, 2.45) is 5.92 Å². The molecule has 0 bridgehead atoms. The summed E-state index contributed by atoms with van der Waals surface area (Å²) in [5, 5.41) is 8.93. The van der Waals surface area contributed by atoms with Crippen LogP contribution in [0.5, 0.6) is 5.75 Å². The highest BCUT2D eigenvalue weighted by Crippen LogP contribution is 2.23. The van der Waals surface area contributed by atoms with Crippen LogP contribution in [0.3, 0.4) is 0 Å². The molecular weight excluding hydrogens is 311 g/mol. The van der Waals surface area contributed by atoms with Crippen molar-refractivity contribution in [2.45, 2.75) is 12.8 Å². The Morgan fingerprint density at radius 2 is 2.08 bits per heavy atom. The number of hydrogen-bond donors (Lipinski definition) is 1. The Bertz CT molecular complexity index is 688. The normalized spacial score (nSPS) is 17.5. The van der Waals surface area contributed by atoms with E-state index in [1.807, 2.05) is 0 Å². The van der Waals surface area contributed by atoms with E-state index in [-0.39, 0.29) is 11.4 Å². The second-order valence-corrected chi connectivity index (χ2v) is 5.93. The highest BCUT2D eigenvalue weighted by atomic mass is 19.1. The first kappa shape index (κ1) is 16.2. The van der Waals surface area contributed by atoms with E-state index in [4.69, 9.17) is 9.84 Å². The average Bonchev–Trinajstić information content (AvgIpc) is 2.61. The second-order valence-electron chi connectivity index (χ2n) is 5.93. The minimum absolute atomic E-state index is 0.187. The van der Waals surface area contributed by atoms with Gasteiger partial charge in [0.25, 0.3) is 0 Å². The molecule has 2 heterocycles. The fourth-order valence-corrected chi connectivity index (χ4v) is 2.85. The molecule has 126 valence electrons. The van der Waals surface area contributed by atoms with Gasteiger partial charge in [-0.05, 0) is 49.2 Å². The fraction of sp³-hybridized carbons (Fsp3) is 0.333. The number of rotatable bonds is 5. The van der Waals surface area contributed by atoms with E-state index in [9.17, 15) is 9.18 Å². The Morgan fingerprint density at radius 3 is 2.75 bits per heavy atom. The maximum Gasteiger partial charge on any atom is 0.337 e. The zero-order valence-corrected chi connectivity index (χ0v) is 13.2. The molecular formula is C18H19FN2O3. The molecule has 1 fully saturated rings. The predicted octanol–water partition coefficient (Wildman–Crippen LogP) is 3.21. The lowest BCUT2D eigenvalue weighted by Crippen LogP contribution is -2.38. The summed E-state index contributed by atoms with van der Waals surface area (Å²) in [4.78, 5) is 17.3. The number of benzene rings is 1. The lowest BCUT2D eigenvalue weighted by molar-refractivity contribution is 0.0696. The quantitative estimate of drug-likeness (QED) is 0.912. The maximum atomic E-state index is 12.9. The highest BCUT2D eigenvalue weighted by Gasteiger charge is 2.21. The number of anilines is 1. The predicted molar refractivity (Wildman–Crippen MR) is 88.0 cm³/mol. The maximum absolute atomic E-state index is 12.9. The van der Waals surface area contributed by atoms with Crippen LogP contribution in [0, 0.1) is 11.7 Å². The van der Waals surface area contributed by atoms with Crippen molar-refractivity contribution in [3.05, 3.63) is 54.0 Å². The number of carbonyl (C=O) groups is 1. The molecule has 24 heavy (non-hydrogen) atoms. The monoisotopic (exact) mass is 330 g/mol. The first-order valence-electron chi connectivity index (χ1n) is 7.94. The summed E-state index contributed by atoms with van der Waals surface area (Å²) in [6.45, 7) is 2.27. The Hall–Kier alpha value is -2.63.